The van der Waals surface area contributed by atoms with Crippen LogP contribution in [0.5, 0.6) is 0 Å². The van der Waals surface area contributed by atoms with Crippen LogP contribution >= 0.6 is 0 Å². The molecule has 2 heteroatoms. The monoisotopic (exact) mass is 215 g/mol. The second kappa shape index (κ2) is 3.93. The molecule has 0 aromatic heterocycles. The molecule has 3 rings (SSSR count). The number of fused-ring (bicyclic) bond motifs is 1. The fourth-order valence-corrected chi connectivity index (χ4v) is 2.56. The predicted octanol–water partition coefficient (Wildman–Crippen LogP) is 2.39. The van der Waals surface area contributed by atoms with Crippen molar-refractivity contribution >= 4 is 5.91 Å². The Morgan fingerprint density at radius 1 is 1.19 bits per heavy atom. The molecule has 2 aliphatic carbocycles. The Labute approximate surface area is 96.1 Å². The summed E-state index contributed by atoms with van der Waals surface area (Å²) in [5, 5.41) is 3.13. The number of hydrogen-bond donors (Lipinski definition) is 1. The number of carbonyl (C=O) groups excluding carboxylic acids is 1. The summed E-state index contributed by atoms with van der Waals surface area (Å²) in [6.45, 7) is 0. The Balaban J connectivity index is 1.82. The first-order chi connectivity index (χ1) is 7.84. The van der Waals surface area contributed by atoms with Crippen LogP contribution in [0.2, 0.25) is 0 Å². The van der Waals surface area contributed by atoms with Gasteiger partial charge >= 0.3 is 0 Å². The van der Waals surface area contributed by atoms with Crippen LogP contribution < -0.4 is 5.32 Å². The van der Waals surface area contributed by atoms with E-state index in [0.717, 1.165) is 19.3 Å². The topological polar surface area (TPSA) is 29.1 Å². The van der Waals surface area contributed by atoms with Crippen LogP contribution in [0.25, 0.3) is 0 Å². The molecular formula is C14H17NO. The van der Waals surface area contributed by atoms with Gasteiger partial charge in [-0.1, -0.05) is 24.3 Å². The second-order valence-electron chi connectivity index (χ2n) is 4.93. The lowest BCUT2D eigenvalue weighted by atomic mass is 9.82. The van der Waals surface area contributed by atoms with E-state index < -0.39 is 0 Å². The highest BCUT2D eigenvalue weighted by molar-refractivity contribution is 5.84. The van der Waals surface area contributed by atoms with E-state index in [1.165, 1.54) is 24.0 Å². The molecular weight excluding hydrogens is 198 g/mol. The standard InChI is InChI=1S/C14H17NO/c16-14(15-11-8-9-11)13-7-3-5-10-4-1-2-6-12(10)13/h1-2,4,6,11,13H,3,5,7-9H2,(H,15,16). The van der Waals surface area contributed by atoms with Crippen LogP contribution in [0.1, 0.15) is 42.7 Å². The smallest absolute Gasteiger partial charge is 0.227 e. The lowest BCUT2D eigenvalue weighted by Crippen LogP contribution is -2.32. The van der Waals surface area contributed by atoms with E-state index in [9.17, 15) is 4.79 Å². The van der Waals surface area contributed by atoms with E-state index in [4.69, 9.17) is 0 Å². The molecule has 1 aromatic carbocycles. The number of nitrogens with one attached hydrogen (secondary N) is 1. The zero-order valence-corrected chi connectivity index (χ0v) is 9.41. The van der Waals surface area contributed by atoms with Gasteiger partial charge in [0.05, 0.1) is 5.92 Å². The van der Waals surface area contributed by atoms with Crippen molar-refractivity contribution in [3.05, 3.63) is 35.4 Å². The highest BCUT2D eigenvalue weighted by Crippen LogP contribution is 2.32. The van der Waals surface area contributed by atoms with Crippen LogP contribution in [0, 0.1) is 0 Å². The number of rotatable bonds is 2. The van der Waals surface area contributed by atoms with Gasteiger partial charge in [-0.3, -0.25) is 4.79 Å². The highest BCUT2D eigenvalue weighted by atomic mass is 16.2. The fraction of sp³-hybridized carbons (Fsp3) is 0.500. The molecule has 2 aliphatic rings. The number of hydrogen-bond acceptors (Lipinski definition) is 1. The summed E-state index contributed by atoms with van der Waals surface area (Å²) in [6, 6.07) is 8.86. The Hall–Kier alpha value is -1.31. The van der Waals surface area contributed by atoms with Gasteiger partial charge in [0.15, 0.2) is 0 Å². The molecule has 1 amide bonds. The number of benzene rings is 1. The first kappa shape index (κ1) is 9.88. The minimum absolute atomic E-state index is 0.102. The van der Waals surface area contributed by atoms with E-state index in [1.54, 1.807) is 0 Å². The minimum Gasteiger partial charge on any atom is -0.353 e. The molecule has 84 valence electrons. The molecule has 1 unspecified atom stereocenters. The van der Waals surface area contributed by atoms with E-state index in [2.05, 4.69) is 23.5 Å². The van der Waals surface area contributed by atoms with Gasteiger partial charge in [0.25, 0.3) is 0 Å². The van der Waals surface area contributed by atoms with Crippen molar-refractivity contribution in [3.63, 3.8) is 0 Å². The number of aryl methyl sites for hydroxylation is 1. The zero-order chi connectivity index (χ0) is 11.0. The lowest BCUT2D eigenvalue weighted by Gasteiger charge is -2.24. The van der Waals surface area contributed by atoms with Crippen molar-refractivity contribution in [3.8, 4) is 0 Å². The van der Waals surface area contributed by atoms with Gasteiger partial charge in [0.1, 0.15) is 0 Å². The average Bonchev–Trinajstić information content (AvgIpc) is 3.12. The lowest BCUT2D eigenvalue weighted by molar-refractivity contribution is -0.123. The molecule has 0 spiro atoms. The molecule has 1 fully saturated rings. The molecule has 0 saturated heterocycles. The summed E-state index contributed by atoms with van der Waals surface area (Å²) in [7, 11) is 0. The third-order valence-electron chi connectivity index (χ3n) is 3.61. The van der Waals surface area contributed by atoms with Crippen LogP contribution in [0.3, 0.4) is 0 Å². The van der Waals surface area contributed by atoms with Crippen LogP contribution in [-0.4, -0.2) is 11.9 Å². The summed E-state index contributed by atoms with van der Waals surface area (Å²) in [5.74, 6) is 0.347. The minimum atomic E-state index is 0.102. The molecule has 0 heterocycles. The quantitative estimate of drug-likeness (QED) is 0.806. The summed E-state index contributed by atoms with van der Waals surface area (Å²) >= 11 is 0. The number of carbonyl (C=O) groups is 1. The normalized spacial score (nSPS) is 23.6. The van der Waals surface area contributed by atoms with E-state index >= 15 is 0 Å². The van der Waals surface area contributed by atoms with Crippen molar-refractivity contribution in [2.45, 2.75) is 44.1 Å². The third kappa shape index (κ3) is 1.84. The third-order valence-corrected chi connectivity index (χ3v) is 3.61. The molecule has 1 atom stereocenters. The second-order valence-corrected chi connectivity index (χ2v) is 4.93. The van der Waals surface area contributed by atoms with E-state index in [0.29, 0.717) is 6.04 Å². The Morgan fingerprint density at radius 3 is 2.81 bits per heavy atom. The first-order valence-corrected chi connectivity index (χ1v) is 6.23. The summed E-state index contributed by atoms with van der Waals surface area (Å²) in [5.41, 5.74) is 2.62. The number of amides is 1. The predicted molar refractivity (Wildman–Crippen MR) is 63.3 cm³/mol. The summed E-state index contributed by atoms with van der Waals surface area (Å²) < 4.78 is 0. The van der Waals surface area contributed by atoms with Crippen molar-refractivity contribution in [1.82, 2.24) is 5.32 Å². The Kier molecular flexibility index (Phi) is 2.43. The maximum atomic E-state index is 12.1. The molecule has 0 radical (unpaired) electrons. The molecule has 16 heavy (non-hydrogen) atoms. The maximum Gasteiger partial charge on any atom is 0.227 e. The SMILES string of the molecule is O=C(NC1CC1)C1CCCc2ccccc21. The fourth-order valence-electron chi connectivity index (χ4n) is 2.56. The molecule has 0 bridgehead atoms. The van der Waals surface area contributed by atoms with Gasteiger partial charge in [-0.05, 0) is 43.2 Å². The summed E-state index contributed by atoms with van der Waals surface area (Å²) in [4.78, 5) is 12.1. The van der Waals surface area contributed by atoms with Gasteiger partial charge < -0.3 is 5.32 Å². The molecule has 1 N–H and O–H groups in total. The van der Waals surface area contributed by atoms with Crippen molar-refractivity contribution in [1.29, 1.82) is 0 Å². The van der Waals surface area contributed by atoms with Gasteiger partial charge in [-0.2, -0.15) is 0 Å². The first-order valence-electron chi connectivity index (χ1n) is 6.23. The summed E-state index contributed by atoms with van der Waals surface area (Å²) in [6.07, 6.45) is 5.61. The van der Waals surface area contributed by atoms with Crippen molar-refractivity contribution < 1.29 is 4.79 Å². The molecule has 1 aromatic rings. The molecule has 2 nitrogen and oxygen atoms in total. The van der Waals surface area contributed by atoms with Gasteiger partial charge in [-0.15, -0.1) is 0 Å². The van der Waals surface area contributed by atoms with Crippen LogP contribution in [0.4, 0.5) is 0 Å². The van der Waals surface area contributed by atoms with E-state index in [-0.39, 0.29) is 11.8 Å². The Morgan fingerprint density at radius 2 is 2.00 bits per heavy atom. The van der Waals surface area contributed by atoms with Crippen molar-refractivity contribution in [2.75, 3.05) is 0 Å². The van der Waals surface area contributed by atoms with Crippen LogP contribution in [0.15, 0.2) is 24.3 Å². The maximum absolute atomic E-state index is 12.1. The van der Waals surface area contributed by atoms with Crippen molar-refractivity contribution in [2.24, 2.45) is 0 Å². The molecule has 1 saturated carbocycles. The van der Waals surface area contributed by atoms with Gasteiger partial charge in [0.2, 0.25) is 5.91 Å². The van der Waals surface area contributed by atoms with E-state index in [1.807, 2.05) is 6.07 Å². The van der Waals surface area contributed by atoms with Gasteiger partial charge in [-0.25, -0.2) is 0 Å². The highest BCUT2D eigenvalue weighted by Gasteiger charge is 2.30. The van der Waals surface area contributed by atoms with Crippen LogP contribution in [-0.2, 0) is 11.2 Å². The Bertz CT molecular complexity index is 409. The van der Waals surface area contributed by atoms with Gasteiger partial charge in [0, 0.05) is 6.04 Å². The zero-order valence-electron chi connectivity index (χ0n) is 9.41. The largest absolute Gasteiger partial charge is 0.353 e. The molecule has 0 aliphatic heterocycles. The average molecular weight is 215 g/mol.